The SMILES string of the molecule is COC1[C@@H](O)[C@H](O)C(O)[C@H](O)[C@@H]1O. The molecule has 0 amide bonds. The molecule has 1 rings (SSSR count). The molecular formula is C7H14O6. The Morgan fingerprint density at radius 3 is 1.31 bits per heavy atom. The minimum absolute atomic E-state index is 1.09. The maximum atomic E-state index is 9.29. The molecule has 1 aliphatic carbocycles. The lowest BCUT2D eigenvalue weighted by atomic mass is 9.85. The van der Waals surface area contributed by atoms with Gasteiger partial charge in [-0.05, 0) is 0 Å². The molecule has 0 spiro atoms. The van der Waals surface area contributed by atoms with Crippen LogP contribution in [0.15, 0.2) is 0 Å². The quantitative estimate of drug-likeness (QED) is 0.301. The number of rotatable bonds is 1. The summed E-state index contributed by atoms with van der Waals surface area (Å²) >= 11 is 0. The van der Waals surface area contributed by atoms with Crippen LogP contribution in [0.25, 0.3) is 0 Å². The van der Waals surface area contributed by atoms with E-state index in [0.29, 0.717) is 0 Å². The third kappa shape index (κ3) is 1.69. The third-order valence-electron chi connectivity index (χ3n) is 2.35. The highest BCUT2D eigenvalue weighted by molar-refractivity contribution is 4.99. The van der Waals surface area contributed by atoms with E-state index in [1.54, 1.807) is 0 Å². The third-order valence-corrected chi connectivity index (χ3v) is 2.35. The van der Waals surface area contributed by atoms with Crippen molar-refractivity contribution in [1.29, 1.82) is 0 Å². The molecule has 0 heterocycles. The molecular weight excluding hydrogens is 180 g/mol. The lowest BCUT2D eigenvalue weighted by Crippen LogP contribution is -2.64. The van der Waals surface area contributed by atoms with Crippen LogP contribution in [0.3, 0.4) is 0 Å². The Hall–Kier alpha value is -0.240. The molecule has 0 aromatic rings. The Morgan fingerprint density at radius 1 is 0.692 bits per heavy atom. The Morgan fingerprint density at radius 2 is 1.00 bits per heavy atom. The number of ether oxygens (including phenoxy) is 1. The summed E-state index contributed by atoms with van der Waals surface area (Å²) in [6.45, 7) is 0. The van der Waals surface area contributed by atoms with Crippen LogP contribution in [0, 0.1) is 0 Å². The van der Waals surface area contributed by atoms with Gasteiger partial charge in [0.1, 0.15) is 36.6 Å². The molecule has 1 fully saturated rings. The summed E-state index contributed by atoms with van der Waals surface area (Å²) < 4.78 is 4.67. The van der Waals surface area contributed by atoms with Gasteiger partial charge in [0.05, 0.1) is 0 Å². The zero-order valence-electron chi connectivity index (χ0n) is 7.11. The Labute approximate surface area is 75.0 Å². The van der Waals surface area contributed by atoms with Crippen LogP contribution >= 0.6 is 0 Å². The molecule has 0 radical (unpaired) electrons. The van der Waals surface area contributed by atoms with Gasteiger partial charge in [0.2, 0.25) is 0 Å². The topological polar surface area (TPSA) is 110 Å². The van der Waals surface area contributed by atoms with Crippen LogP contribution in [0.1, 0.15) is 0 Å². The maximum absolute atomic E-state index is 9.29. The standard InChI is InChI=1S/C7H14O6/c1-13-7-5(11)3(9)2(8)4(10)6(7)12/h2-12H,1H3/t2?,3-,4+,5-,6-,7?/m0/s1. The predicted molar refractivity (Wildman–Crippen MR) is 40.8 cm³/mol. The largest absolute Gasteiger partial charge is 0.387 e. The van der Waals surface area contributed by atoms with Crippen LogP contribution < -0.4 is 0 Å². The van der Waals surface area contributed by atoms with Crippen molar-refractivity contribution in [3.63, 3.8) is 0 Å². The van der Waals surface area contributed by atoms with Crippen LogP contribution in [-0.2, 0) is 4.74 Å². The zero-order valence-corrected chi connectivity index (χ0v) is 7.11. The summed E-state index contributed by atoms with van der Waals surface area (Å²) in [4.78, 5) is 0. The normalized spacial score (nSPS) is 52.2. The summed E-state index contributed by atoms with van der Waals surface area (Å²) in [5.41, 5.74) is 0. The summed E-state index contributed by atoms with van der Waals surface area (Å²) in [6, 6.07) is 0. The first-order valence-electron chi connectivity index (χ1n) is 3.93. The summed E-state index contributed by atoms with van der Waals surface area (Å²) in [5, 5.41) is 46.1. The minimum Gasteiger partial charge on any atom is -0.387 e. The van der Waals surface area contributed by atoms with Crippen LogP contribution in [0.4, 0.5) is 0 Å². The summed E-state index contributed by atoms with van der Waals surface area (Å²) in [7, 11) is 1.23. The molecule has 6 nitrogen and oxygen atoms in total. The van der Waals surface area contributed by atoms with Crippen molar-refractivity contribution in [2.45, 2.75) is 36.6 Å². The van der Waals surface area contributed by atoms with E-state index in [1.165, 1.54) is 7.11 Å². The van der Waals surface area contributed by atoms with E-state index < -0.39 is 36.6 Å². The molecule has 13 heavy (non-hydrogen) atoms. The number of aliphatic hydroxyl groups excluding tert-OH is 5. The smallest absolute Gasteiger partial charge is 0.114 e. The molecule has 1 saturated carbocycles. The fraction of sp³-hybridized carbons (Fsp3) is 1.00. The molecule has 6 atom stereocenters. The molecule has 0 saturated heterocycles. The minimum atomic E-state index is -1.56. The van der Waals surface area contributed by atoms with Crippen molar-refractivity contribution in [2.75, 3.05) is 7.11 Å². The van der Waals surface area contributed by atoms with Gasteiger partial charge in [-0.2, -0.15) is 0 Å². The first-order chi connectivity index (χ1) is 6.00. The average molecular weight is 194 g/mol. The number of hydrogen-bond acceptors (Lipinski definition) is 6. The Bertz CT molecular complexity index is 158. The molecule has 5 N–H and O–H groups in total. The van der Waals surface area contributed by atoms with E-state index in [9.17, 15) is 20.4 Å². The fourth-order valence-electron chi connectivity index (χ4n) is 1.48. The number of hydrogen-bond donors (Lipinski definition) is 5. The van der Waals surface area contributed by atoms with Crippen LogP contribution in [0.5, 0.6) is 0 Å². The average Bonchev–Trinajstić information content (AvgIpc) is 2.13. The van der Waals surface area contributed by atoms with Crippen LogP contribution in [0.2, 0.25) is 0 Å². The Kier molecular flexibility index (Phi) is 3.23. The van der Waals surface area contributed by atoms with Gasteiger partial charge >= 0.3 is 0 Å². The first kappa shape index (κ1) is 10.8. The molecule has 0 bridgehead atoms. The molecule has 0 aromatic heterocycles. The Balaban J connectivity index is 2.79. The van der Waals surface area contributed by atoms with Crippen molar-refractivity contribution < 1.29 is 30.3 Å². The van der Waals surface area contributed by atoms with Gasteiger partial charge in [-0.1, -0.05) is 0 Å². The molecule has 6 heteroatoms. The zero-order chi connectivity index (χ0) is 10.2. The summed E-state index contributed by atoms with van der Waals surface area (Å²) in [5.74, 6) is 0. The van der Waals surface area contributed by atoms with Gasteiger partial charge in [-0.3, -0.25) is 0 Å². The second-order valence-electron chi connectivity index (χ2n) is 3.15. The van der Waals surface area contributed by atoms with Crippen molar-refractivity contribution in [1.82, 2.24) is 0 Å². The van der Waals surface area contributed by atoms with Gasteiger partial charge in [-0.25, -0.2) is 0 Å². The lowest BCUT2D eigenvalue weighted by Gasteiger charge is -2.40. The number of aliphatic hydroxyl groups is 5. The van der Waals surface area contributed by atoms with Crippen LogP contribution in [-0.4, -0.2) is 69.3 Å². The van der Waals surface area contributed by atoms with Crippen molar-refractivity contribution >= 4 is 0 Å². The van der Waals surface area contributed by atoms with E-state index in [1.807, 2.05) is 0 Å². The highest BCUT2D eigenvalue weighted by atomic mass is 16.5. The lowest BCUT2D eigenvalue weighted by molar-refractivity contribution is -0.229. The van der Waals surface area contributed by atoms with Crippen molar-refractivity contribution in [2.24, 2.45) is 0 Å². The molecule has 1 aliphatic rings. The van der Waals surface area contributed by atoms with Gasteiger partial charge in [0.15, 0.2) is 0 Å². The molecule has 78 valence electrons. The monoisotopic (exact) mass is 194 g/mol. The number of methoxy groups -OCH3 is 1. The van der Waals surface area contributed by atoms with Crippen molar-refractivity contribution in [3.05, 3.63) is 0 Å². The fourth-order valence-corrected chi connectivity index (χ4v) is 1.48. The van der Waals surface area contributed by atoms with E-state index in [-0.39, 0.29) is 0 Å². The highest BCUT2D eigenvalue weighted by Crippen LogP contribution is 2.23. The summed E-state index contributed by atoms with van der Waals surface area (Å²) in [6.07, 6.45) is -8.48. The molecule has 0 aliphatic heterocycles. The van der Waals surface area contributed by atoms with Gasteiger partial charge in [0.25, 0.3) is 0 Å². The second-order valence-corrected chi connectivity index (χ2v) is 3.15. The van der Waals surface area contributed by atoms with E-state index in [0.717, 1.165) is 0 Å². The van der Waals surface area contributed by atoms with Crippen molar-refractivity contribution in [3.8, 4) is 0 Å². The second kappa shape index (κ2) is 3.87. The van der Waals surface area contributed by atoms with E-state index >= 15 is 0 Å². The predicted octanol–water partition coefficient (Wildman–Crippen LogP) is -3.18. The van der Waals surface area contributed by atoms with Gasteiger partial charge < -0.3 is 30.3 Å². The van der Waals surface area contributed by atoms with E-state index in [2.05, 4.69) is 4.74 Å². The highest BCUT2D eigenvalue weighted by Gasteiger charge is 2.48. The van der Waals surface area contributed by atoms with Gasteiger partial charge in [0, 0.05) is 7.11 Å². The molecule has 0 aromatic carbocycles. The molecule has 2 unspecified atom stereocenters. The first-order valence-corrected chi connectivity index (χ1v) is 3.93. The van der Waals surface area contributed by atoms with E-state index in [4.69, 9.17) is 5.11 Å². The maximum Gasteiger partial charge on any atom is 0.114 e. The van der Waals surface area contributed by atoms with Gasteiger partial charge in [-0.15, -0.1) is 0 Å².